The van der Waals surface area contributed by atoms with Gasteiger partial charge in [0.2, 0.25) is 5.79 Å². The van der Waals surface area contributed by atoms with E-state index in [1.165, 1.54) is 6.92 Å². The number of ether oxygens (including phenoxy) is 2. The van der Waals surface area contributed by atoms with E-state index < -0.39 is 11.8 Å². The molecule has 0 aliphatic heterocycles. The fourth-order valence-corrected chi connectivity index (χ4v) is 1.04. The molecule has 0 saturated carbocycles. The summed E-state index contributed by atoms with van der Waals surface area (Å²) in [6.45, 7) is 4.40. The monoisotopic (exact) mass is 222 g/mol. The van der Waals surface area contributed by atoms with Gasteiger partial charge in [-0.3, -0.25) is 0 Å². The van der Waals surface area contributed by atoms with E-state index in [2.05, 4.69) is 6.58 Å². The summed E-state index contributed by atoms with van der Waals surface area (Å²) < 4.78 is 9.94. The first-order valence-electron chi connectivity index (χ1n) is 4.79. The maximum Gasteiger partial charge on any atom is 0.330 e. The SMILES string of the molecule is C=CC(=O)OCC(C)(O)Oc1ccccc1. The van der Waals surface area contributed by atoms with Crippen LogP contribution in [0.15, 0.2) is 43.0 Å². The van der Waals surface area contributed by atoms with E-state index in [9.17, 15) is 9.90 Å². The van der Waals surface area contributed by atoms with E-state index in [1.54, 1.807) is 24.3 Å². The molecule has 1 unspecified atom stereocenters. The van der Waals surface area contributed by atoms with Crippen LogP contribution in [0.4, 0.5) is 0 Å². The van der Waals surface area contributed by atoms with Crippen molar-refractivity contribution < 1.29 is 19.4 Å². The topological polar surface area (TPSA) is 55.8 Å². The van der Waals surface area contributed by atoms with Crippen molar-refractivity contribution in [2.45, 2.75) is 12.7 Å². The van der Waals surface area contributed by atoms with Crippen LogP contribution < -0.4 is 4.74 Å². The summed E-state index contributed by atoms with van der Waals surface area (Å²) in [5.41, 5.74) is 0. The molecule has 0 saturated heterocycles. The second kappa shape index (κ2) is 5.32. The van der Waals surface area contributed by atoms with Crippen molar-refractivity contribution in [1.29, 1.82) is 0 Å². The van der Waals surface area contributed by atoms with Gasteiger partial charge in [-0.2, -0.15) is 0 Å². The lowest BCUT2D eigenvalue weighted by Crippen LogP contribution is -2.38. The lowest BCUT2D eigenvalue weighted by molar-refractivity contribution is -0.176. The van der Waals surface area contributed by atoms with Crippen molar-refractivity contribution >= 4 is 5.97 Å². The Labute approximate surface area is 94.1 Å². The van der Waals surface area contributed by atoms with Gasteiger partial charge in [0.05, 0.1) is 0 Å². The van der Waals surface area contributed by atoms with Crippen LogP contribution in [0, 0.1) is 0 Å². The Morgan fingerprint density at radius 3 is 2.69 bits per heavy atom. The summed E-state index contributed by atoms with van der Waals surface area (Å²) >= 11 is 0. The molecule has 0 fully saturated rings. The Morgan fingerprint density at radius 1 is 1.50 bits per heavy atom. The van der Waals surface area contributed by atoms with Crippen molar-refractivity contribution in [3.8, 4) is 5.75 Å². The third kappa shape index (κ3) is 4.14. The van der Waals surface area contributed by atoms with E-state index in [1.807, 2.05) is 6.07 Å². The molecule has 0 heterocycles. The maximum atomic E-state index is 10.8. The first kappa shape index (κ1) is 12.3. The summed E-state index contributed by atoms with van der Waals surface area (Å²) in [4.78, 5) is 10.8. The Hall–Kier alpha value is -1.81. The van der Waals surface area contributed by atoms with Gasteiger partial charge in [0.1, 0.15) is 5.75 Å². The number of benzene rings is 1. The van der Waals surface area contributed by atoms with E-state index in [0.717, 1.165) is 6.08 Å². The van der Waals surface area contributed by atoms with Crippen molar-refractivity contribution in [3.05, 3.63) is 43.0 Å². The number of hydrogen-bond acceptors (Lipinski definition) is 4. The first-order chi connectivity index (χ1) is 7.53. The highest BCUT2D eigenvalue weighted by Crippen LogP contribution is 2.16. The third-order valence-corrected chi connectivity index (χ3v) is 1.73. The maximum absolute atomic E-state index is 10.8. The Balaban J connectivity index is 2.51. The molecule has 1 aromatic carbocycles. The third-order valence-electron chi connectivity index (χ3n) is 1.73. The molecule has 0 bridgehead atoms. The molecule has 0 aromatic heterocycles. The number of para-hydroxylation sites is 1. The molecule has 0 amide bonds. The molecule has 1 aromatic rings. The van der Waals surface area contributed by atoms with Crippen LogP contribution in [0.25, 0.3) is 0 Å². The zero-order chi connectivity index (χ0) is 12.0. The predicted octanol–water partition coefficient (Wildman–Crippen LogP) is 1.50. The van der Waals surface area contributed by atoms with Gasteiger partial charge in [-0.25, -0.2) is 4.79 Å². The first-order valence-corrected chi connectivity index (χ1v) is 4.79. The minimum Gasteiger partial charge on any atom is -0.459 e. The highest BCUT2D eigenvalue weighted by atomic mass is 16.7. The molecule has 0 spiro atoms. The molecule has 1 rings (SSSR count). The molecule has 4 heteroatoms. The Bertz CT molecular complexity index is 357. The largest absolute Gasteiger partial charge is 0.459 e. The molecular weight excluding hydrogens is 208 g/mol. The highest BCUT2D eigenvalue weighted by Gasteiger charge is 2.24. The van der Waals surface area contributed by atoms with Crippen LogP contribution in [0.3, 0.4) is 0 Å². The van der Waals surface area contributed by atoms with Gasteiger partial charge in [0, 0.05) is 13.0 Å². The lowest BCUT2D eigenvalue weighted by Gasteiger charge is -2.23. The minimum atomic E-state index is -1.56. The minimum absolute atomic E-state index is 0.257. The van der Waals surface area contributed by atoms with Crippen molar-refractivity contribution in [3.63, 3.8) is 0 Å². The molecule has 0 radical (unpaired) electrons. The van der Waals surface area contributed by atoms with E-state index >= 15 is 0 Å². The van der Waals surface area contributed by atoms with Gasteiger partial charge in [0.25, 0.3) is 0 Å². The summed E-state index contributed by atoms with van der Waals surface area (Å²) in [7, 11) is 0. The number of esters is 1. The van der Waals surface area contributed by atoms with Crippen LogP contribution in [0.5, 0.6) is 5.75 Å². The van der Waals surface area contributed by atoms with Crippen LogP contribution in [-0.4, -0.2) is 23.5 Å². The number of hydrogen-bond donors (Lipinski definition) is 1. The molecule has 4 nitrogen and oxygen atoms in total. The standard InChI is InChI=1S/C12H14O4/c1-3-11(13)15-9-12(2,14)16-10-7-5-4-6-8-10/h3-8,14H,1,9H2,2H3. The van der Waals surface area contributed by atoms with Gasteiger partial charge in [0.15, 0.2) is 6.61 Å². The molecule has 0 aliphatic carbocycles. The zero-order valence-corrected chi connectivity index (χ0v) is 9.05. The summed E-state index contributed by atoms with van der Waals surface area (Å²) in [5, 5.41) is 9.78. The van der Waals surface area contributed by atoms with Crippen LogP contribution in [0.2, 0.25) is 0 Å². The van der Waals surface area contributed by atoms with Gasteiger partial charge in [-0.05, 0) is 12.1 Å². The van der Waals surface area contributed by atoms with Crippen LogP contribution in [-0.2, 0) is 9.53 Å². The van der Waals surface area contributed by atoms with Gasteiger partial charge < -0.3 is 14.6 Å². The Kier molecular flexibility index (Phi) is 4.08. The lowest BCUT2D eigenvalue weighted by atomic mass is 10.3. The second-order valence-electron chi connectivity index (χ2n) is 3.40. The van der Waals surface area contributed by atoms with E-state index in [0.29, 0.717) is 5.75 Å². The van der Waals surface area contributed by atoms with Gasteiger partial charge >= 0.3 is 5.97 Å². The second-order valence-corrected chi connectivity index (χ2v) is 3.40. The molecule has 86 valence electrons. The van der Waals surface area contributed by atoms with E-state index in [-0.39, 0.29) is 6.61 Å². The molecule has 1 N–H and O–H groups in total. The van der Waals surface area contributed by atoms with Crippen molar-refractivity contribution in [2.75, 3.05) is 6.61 Å². The van der Waals surface area contributed by atoms with Gasteiger partial charge in [-0.1, -0.05) is 24.8 Å². The predicted molar refractivity (Wildman–Crippen MR) is 58.8 cm³/mol. The molecule has 1 atom stereocenters. The summed E-state index contributed by atoms with van der Waals surface area (Å²) in [6, 6.07) is 8.79. The number of aliphatic hydroxyl groups is 1. The van der Waals surface area contributed by atoms with Crippen LogP contribution >= 0.6 is 0 Å². The fraction of sp³-hybridized carbons (Fsp3) is 0.250. The Morgan fingerprint density at radius 2 is 2.12 bits per heavy atom. The van der Waals surface area contributed by atoms with Crippen LogP contribution in [0.1, 0.15) is 6.92 Å². The number of rotatable bonds is 5. The average Bonchev–Trinajstić information content (AvgIpc) is 2.27. The number of carbonyl (C=O) groups is 1. The zero-order valence-electron chi connectivity index (χ0n) is 9.05. The van der Waals surface area contributed by atoms with E-state index in [4.69, 9.17) is 9.47 Å². The fourth-order valence-electron chi connectivity index (χ4n) is 1.04. The molecule has 16 heavy (non-hydrogen) atoms. The quantitative estimate of drug-likeness (QED) is 0.466. The van der Waals surface area contributed by atoms with Crippen molar-refractivity contribution in [1.82, 2.24) is 0 Å². The molecule has 0 aliphatic rings. The van der Waals surface area contributed by atoms with Crippen molar-refractivity contribution in [2.24, 2.45) is 0 Å². The average molecular weight is 222 g/mol. The van der Waals surface area contributed by atoms with Gasteiger partial charge in [-0.15, -0.1) is 0 Å². The summed E-state index contributed by atoms with van der Waals surface area (Å²) in [6.07, 6.45) is 1.03. The molecular formula is C12H14O4. The normalized spacial score (nSPS) is 13.6. The number of carbonyl (C=O) groups excluding carboxylic acids is 1. The smallest absolute Gasteiger partial charge is 0.330 e. The highest BCUT2D eigenvalue weighted by molar-refractivity contribution is 5.81. The summed E-state index contributed by atoms with van der Waals surface area (Å²) in [5.74, 6) is -1.65.